The molecular weight excluding hydrogens is 292 g/mol. The van der Waals surface area contributed by atoms with E-state index in [9.17, 15) is 8.42 Å². The summed E-state index contributed by atoms with van der Waals surface area (Å²) in [7, 11) is -3.26. The van der Waals surface area contributed by atoms with Crippen LogP contribution in [0.25, 0.3) is 0 Å². The zero-order chi connectivity index (χ0) is 15.0. The van der Waals surface area contributed by atoms with Gasteiger partial charge in [-0.05, 0) is 30.9 Å². The van der Waals surface area contributed by atoms with E-state index in [4.69, 9.17) is 0 Å². The van der Waals surface area contributed by atoms with Gasteiger partial charge in [-0.2, -0.15) is 11.8 Å². The molecule has 2 N–H and O–H groups in total. The van der Waals surface area contributed by atoms with Crippen molar-refractivity contribution in [3.05, 3.63) is 35.4 Å². The van der Waals surface area contributed by atoms with E-state index in [1.54, 1.807) is 11.8 Å². The highest BCUT2D eigenvalue weighted by Crippen LogP contribution is 2.09. The van der Waals surface area contributed by atoms with Gasteiger partial charge < -0.3 is 5.32 Å². The summed E-state index contributed by atoms with van der Waals surface area (Å²) in [6, 6.07) is 7.66. The van der Waals surface area contributed by atoms with E-state index in [1.807, 2.05) is 37.4 Å². The molecular formula is C14H24N2O2S2. The Morgan fingerprint density at radius 3 is 2.35 bits per heavy atom. The van der Waals surface area contributed by atoms with Crippen molar-refractivity contribution < 1.29 is 8.42 Å². The molecule has 1 atom stereocenters. The number of nitrogens with one attached hydrogen (secondary N) is 2. The van der Waals surface area contributed by atoms with Crippen molar-refractivity contribution in [2.75, 3.05) is 18.6 Å². The predicted molar refractivity (Wildman–Crippen MR) is 87.4 cm³/mol. The highest BCUT2D eigenvalue weighted by atomic mass is 32.2. The molecule has 0 aliphatic heterocycles. The van der Waals surface area contributed by atoms with Crippen LogP contribution in [0.5, 0.6) is 0 Å². The van der Waals surface area contributed by atoms with E-state index in [0.717, 1.165) is 30.0 Å². The molecule has 0 bridgehead atoms. The van der Waals surface area contributed by atoms with Crippen LogP contribution in [0.3, 0.4) is 0 Å². The van der Waals surface area contributed by atoms with Crippen molar-refractivity contribution in [2.24, 2.45) is 0 Å². The largest absolute Gasteiger partial charge is 0.313 e. The van der Waals surface area contributed by atoms with E-state index < -0.39 is 10.0 Å². The normalized spacial score (nSPS) is 13.3. The molecule has 0 aliphatic carbocycles. The molecule has 0 aromatic heterocycles. The Hall–Kier alpha value is -0.560. The first kappa shape index (κ1) is 17.5. The molecule has 0 amide bonds. The number of hydrogen-bond acceptors (Lipinski definition) is 4. The topological polar surface area (TPSA) is 58.2 Å². The van der Waals surface area contributed by atoms with Crippen LogP contribution in [-0.2, 0) is 22.3 Å². The molecule has 1 rings (SSSR count). The molecule has 4 nitrogen and oxygen atoms in total. The van der Waals surface area contributed by atoms with Crippen molar-refractivity contribution in [2.45, 2.75) is 32.2 Å². The van der Waals surface area contributed by atoms with Gasteiger partial charge in [0.1, 0.15) is 0 Å². The number of rotatable bonds is 9. The number of sulfonamides is 1. The molecule has 1 aromatic carbocycles. The van der Waals surface area contributed by atoms with E-state index in [-0.39, 0.29) is 11.8 Å². The Bertz CT molecular complexity index is 486. The fraction of sp³-hybridized carbons (Fsp3) is 0.571. The lowest BCUT2D eigenvalue weighted by Crippen LogP contribution is -2.35. The van der Waals surface area contributed by atoms with Gasteiger partial charge in [-0.15, -0.1) is 0 Å². The molecule has 0 radical (unpaired) electrons. The SMILES string of the molecule is CCNCc1ccc(CS(=O)(=O)NC(C)CSC)cc1. The fourth-order valence-corrected chi connectivity index (χ4v) is 3.97. The Morgan fingerprint density at radius 1 is 1.20 bits per heavy atom. The minimum atomic E-state index is -3.26. The summed E-state index contributed by atoms with van der Waals surface area (Å²) >= 11 is 1.63. The summed E-state index contributed by atoms with van der Waals surface area (Å²) in [6.07, 6.45) is 1.97. The summed E-state index contributed by atoms with van der Waals surface area (Å²) in [6.45, 7) is 5.68. The van der Waals surface area contributed by atoms with Crippen LogP contribution in [0, 0.1) is 0 Å². The van der Waals surface area contributed by atoms with Gasteiger partial charge in [0.25, 0.3) is 0 Å². The lowest BCUT2D eigenvalue weighted by atomic mass is 10.1. The van der Waals surface area contributed by atoms with Gasteiger partial charge in [0.2, 0.25) is 10.0 Å². The van der Waals surface area contributed by atoms with Crippen LogP contribution in [0.15, 0.2) is 24.3 Å². The van der Waals surface area contributed by atoms with Gasteiger partial charge in [0.15, 0.2) is 0 Å². The third-order valence-corrected chi connectivity index (χ3v) is 5.06. The van der Waals surface area contributed by atoms with Crippen molar-refractivity contribution >= 4 is 21.8 Å². The monoisotopic (exact) mass is 316 g/mol. The first-order chi connectivity index (χ1) is 9.46. The summed E-state index contributed by atoms with van der Waals surface area (Å²) in [5, 5.41) is 3.24. The van der Waals surface area contributed by atoms with Crippen molar-refractivity contribution in [3.8, 4) is 0 Å². The average molecular weight is 316 g/mol. The zero-order valence-electron chi connectivity index (χ0n) is 12.3. The van der Waals surface area contributed by atoms with E-state index in [1.165, 1.54) is 0 Å². The first-order valence-corrected chi connectivity index (χ1v) is 9.79. The average Bonchev–Trinajstić information content (AvgIpc) is 2.37. The van der Waals surface area contributed by atoms with Crippen molar-refractivity contribution in [1.29, 1.82) is 0 Å². The highest BCUT2D eigenvalue weighted by molar-refractivity contribution is 7.98. The molecule has 0 fully saturated rings. The second-order valence-electron chi connectivity index (χ2n) is 4.83. The Kier molecular flexibility index (Phi) is 7.58. The van der Waals surface area contributed by atoms with Crippen LogP contribution in [0.1, 0.15) is 25.0 Å². The second kappa shape index (κ2) is 8.67. The van der Waals surface area contributed by atoms with Crippen LogP contribution in [-0.4, -0.2) is 33.0 Å². The van der Waals surface area contributed by atoms with Crippen molar-refractivity contribution in [1.82, 2.24) is 10.0 Å². The molecule has 6 heteroatoms. The summed E-state index contributed by atoms with van der Waals surface area (Å²) in [5.41, 5.74) is 1.98. The second-order valence-corrected chi connectivity index (χ2v) is 7.49. The molecule has 0 saturated carbocycles. The van der Waals surface area contributed by atoms with Crippen molar-refractivity contribution in [3.63, 3.8) is 0 Å². The fourth-order valence-electron chi connectivity index (χ4n) is 1.87. The van der Waals surface area contributed by atoms with Gasteiger partial charge >= 0.3 is 0 Å². The zero-order valence-corrected chi connectivity index (χ0v) is 14.0. The van der Waals surface area contributed by atoms with Crippen LogP contribution in [0.4, 0.5) is 0 Å². The maximum absolute atomic E-state index is 12.0. The third kappa shape index (κ3) is 6.74. The summed E-state index contributed by atoms with van der Waals surface area (Å²) in [5.74, 6) is 0.814. The van der Waals surface area contributed by atoms with Crippen LogP contribution in [0.2, 0.25) is 0 Å². The lowest BCUT2D eigenvalue weighted by Gasteiger charge is -2.13. The minimum Gasteiger partial charge on any atom is -0.313 e. The Labute approximate surface area is 126 Å². The maximum Gasteiger partial charge on any atom is 0.216 e. The lowest BCUT2D eigenvalue weighted by molar-refractivity contribution is 0.570. The molecule has 20 heavy (non-hydrogen) atoms. The smallest absolute Gasteiger partial charge is 0.216 e. The summed E-state index contributed by atoms with van der Waals surface area (Å²) in [4.78, 5) is 0. The molecule has 1 aromatic rings. The molecule has 0 heterocycles. The van der Waals surface area contributed by atoms with Crippen LogP contribution >= 0.6 is 11.8 Å². The number of thioether (sulfide) groups is 1. The number of benzene rings is 1. The quantitative estimate of drug-likeness (QED) is 0.731. The third-order valence-electron chi connectivity index (χ3n) is 2.76. The Balaban J connectivity index is 2.58. The molecule has 0 aliphatic rings. The molecule has 0 saturated heterocycles. The Morgan fingerprint density at radius 2 is 1.80 bits per heavy atom. The van der Waals surface area contributed by atoms with Gasteiger partial charge in [-0.25, -0.2) is 13.1 Å². The first-order valence-electron chi connectivity index (χ1n) is 6.74. The maximum atomic E-state index is 12.0. The van der Waals surface area contributed by atoms with E-state index in [2.05, 4.69) is 17.0 Å². The van der Waals surface area contributed by atoms with E-state index in [0.29, 0.717) is 0 Å². The van der Waals surface area contributed by atoms with Crippen LogP contribution < -0.4 is 10.0 Å². The van der Waals surface area contributed by atoms with E-state index >= 15 is 0 Å². The minimum absolute atomic E-state index is 0.0349. The molecule has 1 unspecified atom stereocenters. The van der Waals surface area contributed by atoms with Gasteiger partial charge in [-0.3, -0.25) is 0 Å². The van der Waals surface area contributed by atoms with Gasteiger partial charge in [0, 0.05) is 18.3 Å². The molecule has 0 spiro atoms. The van der Waals surface area contributed by atoms with Gasteiger partial charge in [-0.1, -0.05) is 31.2 Å². The highest BCUT2D eigenvalue weighted by Gasteiger charge is 2.14. The van der Waals surface area contributed by atoms with Gasteiger partial charge in [0.05, 0.1) is 5.75 Å². The number of hydrogen-bond donors (Lipinski definition) is 2. The standard InChI is InChI=1S/C14H24N2O2S2/c1-4-15-9-13-5-7-14(8-6-13)11-20(17,18)16-12(2)10-19-3/h5-8,12,15-16H,4,9-11H2,1-3H3. The summed E-state index contributed by atoms with van der Waals surface area (Å²) < 4.78 is 26.7. The predicted octanol–water partition coefficient (Wildman–Crippen LogP) is 1.97. The molecule has 114 valence electrons.